The molecule has 0 radical (unpaired) electrons. The Bertz CT molecular complexity index is 677. The van der Waals surface area contributed by atoms with Crippen molar-refractivity contribution in [2.24, 2.45) is 0 Å². The third-order valence-electron chi connectivity index (χ3n) is 3.12. The minimum absolute atomic E-state index is 0.0615. The number of aromatic nitrogens is 1. The van der Waals surface area contributed by atoms with Gasteiger partial charge in [0.25, 0.3) is 0 Å². The number of hydrogen-bond donors (Lipinski definition) is 1. The van der Waals surface area contributed by atoms with Crippen LogP contribution in [0.25, 0.3) is 0 Å². The third-order valence-corrected chi connectivity index (χ3v) is 4.19. The van der Waals surface area contributed by atoms with E-state index in [0.717, 1.165) is 17.0 Å². The molecular weight excluding hydrogens is 320 g/mol. The Morgan fingerprint density at radius 3 is 2.68 bits per heavy atom. The molecule has 1 N–H and O–H groups in total. The first-order chi connectivity index (χ1) is 10.3. The fourth-order valence-electron chi connectivity index (χ4n) is 1.94. The standard InChI is InChI=1S/C16H21ClN2O2S/c1-16(2,3)14-8-19-15(21-14)9-18-13-7-11(10-22(4)20)5-6-12(13)17/h5-8,18H,9-10H2,1-4H3/t22-/m1/s1. The summed E-state index contributed by atoms with van der Waals surface area (Å²) in [5.41, 5.74) is 1.71. The van der Waals surface area contributed by atoms with Gasteiger partial charge < -0.3 is 9.73 Å². The Morgan fingerprint density at radius 1 is 1.36 bits per heavy atom. The van der Waals surface area contributed by atoms with Gasteiger partial charge in [-0.2, -0.15) is 0 Å². The molecule has 0 spiro atoms. The van der Waals surface area contributed by atoms with Crippen molar-refractivity contribution in [3.05, 3.63) is 46.6 Å². The van der Waals surface area contributed by atoms with Crippen LogP contribution >= 0.6 is 11.6 Å². The Hall–Kier alpha value is -1.33. The van der Waals surface area contributed by atoms with Gasteiger partial charge in [-0.3, -0.25) is 4.21 Å². The largest absolute Gasteiger partial charge is 0.443 e. The number of nitrogens with one attached hydrogen (secondary N) is 1. The van der Waals surface area contributed by atoms with Crippen LogP contribution in [0.1, 0.15) is 38.0 Å². The number of nitrogens with zero attached hydrogens (tertiary/aromatic N) is 1. The maximum atomic E-state index is 11.3. The van der Waals surface area contributed by atoms with Crippen LogP contribution < -0.4 is 5.32 Å². The van der Waals surface area contributed by atoms with E-state index in [1.165, 1.54) is 0 Å². The molecular formula is C16H21ClN2O2S. The van der Waals surface area contributed by atoms with E-state index in [-0.39, 0.29) is 5.41 Å². The van der Waals surface area contributed by atoms with Gasteiger partial charge in [-0.25, -0.2) is 4.98 Å². The van der Waals surface area contributed by atoms with Gasteiger partial charge in [0.1, 0.15) is 5.76 Å². The highest BCUT2D eigenvalue weighted by Crippen LogP contribution is 2.26. The van der Waals surface area contributed by atoms with Crippen LogP contribution in [0.4, 0.5) is 5.69 Å². The first-order valence-corrected chi connectivity index (χ1v) is 9.14. The summed E-state index contributed by atoms with van der Waals surface area (Å²) in [6, 6.07) is 5.61. The van der Waals surface area contributed by atoms with Crippen LogP contribution in [0.3, 0.4) is 0 Å². The minimum Gasteiger partial charge on any atom is -0.443 e. The van der Waals surface area contributed by atoms with Crippen LogP contribution in [-0.4, -0.2) is 15.4 Å². The lowest BCUT2D eigenvalue weighted by Gasteiger charge is -2.13. The molecule has 0 aliphatic heterocycles. The lowest BCUT2D eigenvalue weighted by atomic mass is 9.94. The lowest BCUT2D eigenvalue weighted by molar-refractivity contribution is 0.385. The molecule has 1 aromatic carbocycles. The highest BCUT2D eigenvalue weighted by Gasteiger charge is 2.19. The van der Waals surface area contributed by atoms with Crippen LogP contribution in [0.5, 0.6) is 0 Å². The van der Waals surface area contributed by atoms with E-state index >= 15 is 0 Å². The zero-order chi connectivity index (χ0) is 16.3. The SMILES string of the molecule is C[S@@](=O)Cc1ccc(Cl)c(NCc2ncc(C(C)(C)C)o2)c1. The third kappa shape index (κ3) is 4.58. The molecule has 0 bridgehead atoms. The molecule has 2 aromatic rings. The van der Waals surface area contributed by atoms with E-state index in [9.17, 15) is 4.21 Å². The highest BCUT2D eigenvalue weighted by molar-refractivity contribution is 7.83. The molecule has 0 aliphatic rings. The monoisotopic (exact) mass is 340 g/mol. The van der Waals surface area contributed by atoms with E-state index in [1.807, 2.05) is 18.2 Å². The summed E-state index contributed by atoms with van der Waals surface area (Å²) in [7, 11) is -0.880. The van der Waals surface area contributed by atoms with Crippen molar-refractivity contribution in [2.45, 2.75) is 38.5 Å². The zero-order valence-electron chi connectivity index (χ0n) is 13.3. The fraction of sp³-hybridized carbons (Fsp3) is 0.438. The number of rotatable bonds is 5. The molecule has 1 aromatic heterocycles. The summed E-state index contributed by atoms with van der Waals surface area (Å²) >= 11 is 6.19. The van der Waals surface area contributed by atoms with Crippen molar-refractivity contribution in [1.29, 1.82) is 0 Å². The predicted molar refractivity (Wildman–Crippen MR) is 91.8 cm³/mol. The molecule has 4 nitrogen and oxygen atoms in total. The summed E-state index contributed by atoms with van der Waals surface area (Å²) in [6.07, 6.45) is 3.44. The minimum atomic E-state index is -0.880. The summed E-state index contributed by atoms with van der Waals surface area (Å²) in [4.78, 5) is 4.28. The summed E-state index contributed by atoms with van der Waals surface area (Å²) < 4.78 is 17.1. The molecule has 1 atom stereocenters. The van der Waals surface area contributed by atoms with Crippen molar-refractivity contribution < 1.29 is 8.63 Å². The van der Waals surface area contributed by atoms with Gasteiger partial charge in [0.05, 0.1) is 23.5 Å². The average Bonchev–Trinajstić information content (AvgIpc) is 2.87. The Kier molecular flexibility index (Phi) is 5.29. The normalized spacial score (nSPS) is 13.1. The molecule has 2 rings (SSSR count). The van der Waals surface area contributed by atoms with Crippen LogP contribution in [0.2, 0.25) is 5.02 Å². The molecule has 1 heterocycles. The van der Waals surface area contributed by atoms with Gasteiger partial charge in [-0.15, -0.1) is 0 Å². The van der Waals surface area contributed by atoms with Gasteiger partial charge >= 0.3 is 0 Å². The zero-order valence-corrected chi connectivity index (χ0v) is 14.8. The Morgan fingerprint density at radius 2 is 2.09 bits per heavy atom. The predicted octanol–water partition coefficient (Wildman–Crippen LogP) is 4.12. The molecule has 120 valence electrons. The summed E-state index contributed by atoms with van der Waals surface area (Å²) in [5, 5.41) is 3.84. The van der Waals surface area contributed by atoms with Crippen molar-refractivity contribution in [3.8, 4) is 0 Å². The number of oxazole rings is 1. The summed E-state index contributed by atoms with van der Waals surface area (Å²) in [5.74, 6) is 1.98. The Labute approximate surface area is 138 Å². The maximum absolute atomic E-state index is 11.3. The van der Waals surface area contributed by atoms with Gasteiger partial charge in [0.15, 0.2) is 0 Å². The van der Waals surface area contributed by atoms with Crippen molar-refractivity contribution >= 4 is 28.1 Å². The second-order valence-electron chi connectivity index (χ2n) is 6.25. The molecule has 0 fully saturated rings. The second-order valence-corrected chi connectivity index (χ2v) is 8.10. The van der Waals surface area contributed by atoms with Gasteiger partial charge in [-0.05, 0) is 17.7 Å². The summed E-state index contributed by atoms with van der Waals surface area (Å²) in [6.45, 7) is 6.69. The molecule has 0 unspecified atom stereocenters. The number of hydrogen-bond acceptors (Lipinski definition) is 4. The first-order valence-electron chi connectivity index (χ1n) is 7.03. The second kappa shape index (κ2) is 6.84. The fourth-order valence-corrected chi connectivity index (χ4v) is 2.78. The van der Waals surface area contributed by atoms with Crippen LogP contribution in [-0.2, 0) is 28.5 Å². The maximum Gasteiger partial charge on any atom is 0.213 e. The number of halogens is 1. The van der Waals surface area contributed by atoms with Crippen molar-refractivity contribution in [1.82, 2.24) is 4.98 Å². The molecule has 6 heteroatoms. The van der Waals surface area contributed by atoms with Crippen molar-refractivity contribution in [2.75, 3.05) is 11.6 Å². The first kappa shape index (κ1) is 17.0. The van der Waals surface area contributed by atoms with Gasteiger partial charge in [0, 0.05) is 28.2 Å². The highest BCUT2D eigenvalue weighted by atomic mass is 35.5. The van der Waals surface area contributed by atoms with Gasteiger partial charge in [0.2, 0.25) is 5.89 Å². The van der Waals surface area contributed by atoms with Gasteiger partial charge in [-0.1, -0.05) is 38.4 Å². The molecule has 0 aliphatic carbocycles. The van der Waals surface area contributed by atoms with E-state index in [0.29, 0.717) is 23.2 Å². The molecule has 0 saturated heterocycles. The topological polar surface area (TPSA) is 55.1 Å². The smallest absolute Gasteiger partial charge is 0.213 e. The number of anilines is 1. The average molecular weight is 341 g/mol. The lowest BCUT2D eigenvalue weighted by Crippen LogP contribution is -2.09. The molecule has 0 amide bonds. The Balaban J connectivity index is 2.07. The van der Waals surface area contributed by atoms with E-state index in [1.54, 1.807) is 12.5 Å². The molecule has 22 heavy (non-hydrogen) atoms. The van der Waals surface area contributed by atoms with Crippen LogP contribution in [0, 0.1) is 0 Å². The molecule has 0 saturated carbocycles. The van der Waals surface area contributed by atoms with E-state index in [2.05, 4.69) is 31.1 Å². The van der Waals surface area contributed by atoms with Crippen LogP contribution in [0.15, 0.2) is 28.8 Å². The van der Waals surface area contributed by atoms with E-state index < -0.39 is 10.8 Å². The number of benzene rings is 1. The van der Waals surface area contributed by atoms with E-state index in [4.69, 9.17) is 16.0 Å². The quantitative estimate of drug-likeness (QED) is 0.889. The van der Waals surface area contributed by atoms with Crippen molar-refractivity contribution in [3.63, 3.8) is 0 Å².